The van der Waals surface area contributed by atoms with Gasteiger partial charge in [0.15, 0.2) is 18.4 Å². The van der Waals surface area contributed by atoms with E-state index in [0.717, 1.165) is 36.2 Å². The number of anilines is 1. The Bertz CT molecular complexity index is 1330. The fourth-order valence-corrected chi connectivity index (χ4v) is 4.32. The summed E-state index contributed by atoms with van der Waals surface area (Å²) in [6, 6.07) is 31.2. The van der Waals surface area contributed by atoms with Crippen molar-refractivity contribution in [3.05, 3.63) is 125 Å². The Morgan fingerprint density at radius 3 is 2.38 bits per heavy atom. The number of pyridine rings is 1. The summed E-state index contributed by atoms with van der Waals surface area (Å²) >= 11 is 0. The molecule has 4 aromatic rings. The number of aromatic nitrogens is 1. The van der Waals surface area contributed by atoms with Crippen LogP contribution in [0.15, 0.2) is 103 Å². The number of nitrogens with one attached hydrogen (secondary N) is 1. The summed E-state index contributed by atoms with van der Waals surface area (Å²) in [6.45, 7) is 2.92. The zero-order chi connectivity index (χ0) is 22.6. The number of benzene rings is 3. The molecule has 0 saturated heterocycles. The van der Waals surface area contributed by atoms with Gasteiger partial charge in [-0.2, -0.15) is 4.57 Å². The maximum Gasteiger partial charge on any atom is 0.251 e. The van der Waals surface area contributed by atoms with Crippen molar-refractivity contribution < 1.29 is 21.8 Å². The maximum absolute atomic E-state index is 13.0. The molecule has 170 valence electrons. The van der Waals surface area contributed by atoms with Gasteiger partial charge in [0, 0.05) is 35.9 Å². The summed E-state index contributed by atoms with van der Waals surface area (Å²) in [7, 11) is 0. The molecule has 5 rings (SSSR count). The molecule has 0 atom stereocenters. The lowest BCUT2D eigenvalue weighted by Gasteiger charge is -2.17. The number of hydrogen-bond donors (Lipinski definition) is 1. The first kappa shape index (κ1) is 23.5. The van der Waals surface area contributed by atoms with Gasteiger partial charge >= 0.3 is 0 Å². The van der Waals surface area contributed by atoms with Gasteiger partial charge in [-0.05, 0) is 59.4 Å². The van der Waals surface area contributed by atoms with Crippen molar-refractivity contribution in [2.75, 3.05) is 5.32 Å². The van der Waals surface area contributed by atoms with Gasteiger partial charge in [0.05, 0.1) is 0 Å². The van der Waals surface area contributed by atoms with E-state index in [1.165, 1.54) is 27.9 Å². The van der Waals surface area contributed by atoms with Crippen molar-refractivity contribution >= 4 is 17.7 Å². The first-order chi connectivity index (χ1) is 16.2. The smallest absolute Gasteiger partial charge is 0.251 e. The fraction of sp³-hybridized carbons (Fsp3) is 0.133. The molecule has 1 heterocycles. The SMILES string of the molecule is Cc1cccc[n+]1Cc1ccc(NC(=O)C2=Cc3cc(-c4ccccc4)ccc3CC2)cc1.[Cl-]. The molecule has 1 aliphatic carbocycles. The lowest BCUT2D eigenvalue weighted by molar-refractivity contribution is -0.694. The van der Waals surface area contributed by atoms with Gasteiger partial charge in [-0.15, -0.1) is 0 Å². The molecular formula is C30H27ClN2O. The van der Waals surface area contributed by atoms with Crippen LogP contribution in [0.2, 0.25) is 0 Å². The largest absolute Gasteiger partial charge is 1.00 e. The minimum atomic E-state index is -0.0215. The summed E-state index contributed by atoms with van der Waals surface area (Å²) in [5.41, 5.74) is 8.86. The van der Waals surface area contributed by atoms with Crippen molar-refractivity contribution in [2.45, 2.75) is 26.3 Å². The van der Waals surface area contributed by atoms with Gasteiger partial charge < -0.3 is 17.7 Å². The van der Waals surface area contributed by atoms with E-state index in [2.05, 4.69) is 83.7 Å². The molecule has 3 aromatic carbocycles. The molecule has 0 unspecified atom stereocenters. The maximum atomic E-state index is 13.0. The molecular weight excluding hydrogens is 440 g/mol. The molecule has 1 aromatic heterocycles. The third kappa shape index (κ3) is 5.27. The Labute approximate surface area is 207 Å². The van der Waals surface area contributed by atoms with Crippen LogP contribution in [-0.4, -0.2) is 5.91 Å². The molecule has 0 saturated carbocycles. The van der Waals surface area contributed by atoms with E-state index in [9.17, 15) is 4.79 Å². The molecule has 3 nitrogen and oxygen atoms in total. The number of rotatable bonds is 5. The standard InChI is InChI=1S/C30H26N2O.ClH/c1-22-7-5-6-18-32(22)21-23-10-16-29(17-11-23)31-30(33)27-15-13-25-12-14-26(19-28(25)20-27)24-8-3-2-4-9-24;/h2-12,14,16-20H,13,15,21H2,1H3;1H. The fourth-order valence-electron chi connectivity index (χ4n) is 4.32. The molecule has 34 heavy (non-hydrogen) atoms. The summed E-state index contributed by atoms with van der Waals surface area (Å²) in [5, 5.41) is 3.08. The summed E-state index contributed by atoms with van der Waals surface area (Å²) in [5.74, 6) is -0.0215. The molecule has 0 spiro atoms. The van der Waals surface area contributed by atoms with E-state index in [4.69, 9.17) is 0 Å². The Hall–Kier alpha value is -3.69. The summed E-state index contributed by atoms with van der Waals surface area (Å²) in [4.78, 5) is 13.0. The Kier molecular flexibility index (Phi) is 7.24. The predicted molar refractivity (Wildman–Crippen MR) is 134 cm³/mol. The van der Waals surface area contributed by atoms with E-state index < -0.39 is 0 Å². The average molecular weight is 467 g/mol. The van der Waals surface area contributed by atoms with Crippen LogP contribution in [-0.2, 0) is 17.8 Å². The van der Waals surface area contributed by atoms with Crippen LogP contribution in [0.5, 0.6) is 0 Å². The second-order valence-electron chi connectivity index (χ2n) is 8.57. The van der Waals surface area contributed by atoms with Crippen LogP contribution in [0.3, 0.4) is 0 Å². The van der Waals surface area contributed by atoms with Crippen LogP contribution in [0, 0.1) is 6.92 Å². The molecule has 1 N–H and O–H groups in total. The van der Waals surface area contributed by atoms with Gasteiger partial charge in [0.1, 0.15) is 0 Å². The van der Waals surface area contributed by atoms with E-state index in [0.29, 0.717) is 0 Å². The Morgan fingerprint density at radius 1 is 0.853 bits per heavy atom. The number of carbonyl (C=O) groups is 1. The monoisotopic (exact) mass is 466 g/mol. The number of hydrogen-bond acceptors (Lipinski definition) is 1. The third-order valence-electron chi connectivity index (χ3n) is 6.27. The van der Waals surface area contributed by atoms with Crippen molar-refractivity contribution in [3.8, 4) is 11.1 Å². The van der Waals surface area contributed by atoms with Gasteiger partial charge in [-0.25, -0.2) is 0 Å². The minimum absolute atomic E-state index is 0. The molecule has 1 aliphatic rings. The van der Waals surface area contributed by atoms with Gasteiger partial charge in [-0.3, -0.25) is 4.79 Å². The first-order valence-corrected chi connectivity index (χ1v) is 11.4. The summed E-state index contributed by atoms with van der Waals surface area (Å²) in [6.07, 6.45) is 5.77. The highest BCUT2D eigenvalue weighted by Crippen LogP contribution is 2.29. The molecule has 0 radical (unpaired) electrons. The summed E-state index contributed by atoms with van der Waals surface area (Å²) < 4.78 is 2.21. The number of nitrogens with zero attached hydrogens (tertiary/aromatic N) is 1. The zero-order valence-electron chi connectivity index (χ0n) is 19.2. The Balaban J connectivity index is 0.00000274. The van der Waals surface area contributed by atoms with Crippen LogP contribution >= 0.6 is 0 Å². The molecule has 4 heteroatoms. The van der Waals surface area contributed by atoms with Crippen molar-refractivity contribution in [3.63, 3.8) is 0 Å². The van der Waals surface area contributed by atoms with Crippen LogP contribution in [0.4, 0.5) is 5.69 Å². The number of fused-ring (bicyclic) bond motifs is 1. The van der Waals surface area contributed by atoms with Gasteiger partial charge in [0.2, 0.25) is 0 Å². The van der Waals surface area contributed by atoms with Crippen molar-refractivity contribution in [1.82, 2.24) is 0 Å². The lowest BCUT2D eigenvalue weighted by Crippen LogP contribution is -3.00. The van der Waals surface area contributed by atoms with Crippen molar-refractivity contribution in [2.24, 2.45) is 0 Å². The van der Waals surface area contributed by atoms with Gasteiger partial charge in [-0.1, -0.05) is 60.7 Å². The quantitative estimate of drug-likeness (QED) is 0.451. The lowest BCUT2D eigenvalue weighted by atomic mass is 9.89. The third-order valence-corrected chi connectivity index (χ3v) is 6.27. The van der Waals surface area contributed by atoms with Crippen LogP contribution < -0.4 is 22.3 Å². The first-order valence-electron chi connectivity index (χ1n) is 11.4. The highest BCUT2D eigenvalue weighted by atomic mass is 35.5. The highest BCUT2D eigenvalue weighted by molar-refractivity contribution is 6.07. The Morgan fingerprint density at radius 2 is 1.62 bits per heavy atom. The molecule has 1 amide bonds. The molecule has 0 bridgehead atoms. The minimum Gasteiger partial charge on any atom is -1.00 e. The van der Waals surface area contributed by atoms with Crippen LogP contribution in [0.25, 0.3) is 17.2 Å². The van der Waals surface area contributed by atoms with E-state index in [1.54, 1.807) is 0 Å². The topological polar surface area (TPSA) is 33.0 Å². The number of amides is 1. The van der Waals surface area contributed by atoms with E-state index in [-0.39, 0.29) is 18.3 Å². The second kappa shape index (κ2) is 10.5. The van der Waals surface area contributed by atoms with Gasteiger partial charge in [0.25, 0.3) is 5.91 Å². The normalized spacial score (nSPS) is 12.2. The molecule has 0 fully saturated rings. The highest BCUT2D eigenvalue weighted by Gasteiger charge is 2.17. The number of aryl methyl sites for hydroxylation is 2. The number of carbonyl (C=O) groups excluding carboxylic acids is 1. The van der Waals surface area contributed by atoms with E-state index in [1.807, 2.05) is 36.4 Å². The molecule has 0 aliphatic heterocycles. The predicted octanol–water partition coefficient (Wildman–Crippen LogP) is 2.97. The second-order valence-corrected chi connectivity index (χ2v) is 8.57. The van der Waals surface area contributed by atoms with Crippen LogP contribution in [0.1, 0.15) is 28.8 Å². The van der Waals surface area contributed by atoms with Crippen molar-refractivity contribution in [1.29, 1.82) is 0 Å². The number of halogens is 1. The zero-order valence-corrected chi connectivity index (χ0v) is 19.9. The average Bonchev–Trinajstić information content (AvgIpc) is 2.86. The van der Waals surface area contributed by atoms with E-state index >= 15 is 0 Å².